The molecule has 322 valence electrons. The first kappa shape index (κ1) is 40.3. The van der Waals surface area contributed by atoms with Gasteiger partial charge in [0.15, 0.2) is 0 Å². The molecule has 1 nitrogen and oxygen atoms in total. The van der Waals surface area contributed by atoms with Gasteiger partial charge in [0.2, 0.25) is 0 Å². The normalized spacial score (nSPS) is 11.5. The van der Waals surface area contributed by atoms with Crippen molar-refractivity contribution in [1.82, 2.24) is 0 Å². The molecule has 0 saturated heterocycles. The molecule has 0 saturated carbocycles. The summed E-state index contributed by atoms with van der Waals surface area (Å²) in [4.78, 5) is 0. The van der Waals surface area contributed by atoms with E-state index < -0.39 is 0 Å². The van der Waals surface area contributed by atoms with Crippen LogP contribution in [-0.4, -0.2) is 0 Å². The number of rotatable bonds is 8. The smallest absolute Gasteiger partial charge is 0.143 e. The molecule has 0 unspecified atom stereocenters. The highest BCUT2D eigenvalue weighted by atomic mass is 16.3. The lowest BCUT2D eigenvalue weighted by molar-refractivity contribution is 0.632. The Bertz CT molecular complexity index is 4010. The molecule has 0 N–H and O–H groups in total. The summed E-state index contributed by atoms with van der Waals surface area (Å²) in [5.41, 5.74) is 18.5. The molecule has 0 aliphatic rings. The number of hydrogen-bond acceptors (Lipinski definition) is 1. The van der Waals surface area contributed by atoms with Gasteiger partial charge in [0.1, 0.15) is 11.3 Å². The third kappa shape index (κ3) is 7.20. The molecule has 69 heavy (non-hydrogen) atoms. The van der Waals surface area contributed by atoms with Gasteiger partial charge in [-0.05, 0) is 135 Å². The van der Waals surface area contributed by atoms with Gasteiger partial charge in [0.25, 0.3) is 0 Å². The second-order valence-corrected chi connectivity index (χ2v) is 17.9. The van der Waals surface area contributed by atoms with Gasteiger partial charge in [-0.1, -0.05) is 237 Å². The largest absolute Gasteiger partial charge is 0.455 e. The van der Waals surface area contributed by atoms with E-state index in [-0.39, 0.29) is 0 Å². The maximum atomic E-state index is 6.65. The van der Waals surface area contributed by atoms with Crippen LogP contribution >= 0.6 is 0 Å². The summed E-state index contributed by atoms with van der Waals surface area (Å²) >= 11 is 0. The van der Waals surface area contributed by atoms with E-state index in [1.54, 1.807) is 0 Å². The zero-order valence-corrected chi connectivity index (χ0v) is 37.8. The van der Waals surface area contributed by atoms with Crippen molar-refractivity contribution in [3.63, 3.8) is 0 Å². The monoisotopic (exact) mass is 876 g/mol. The molecule has 0 bridgehead atoms. The van der Waals surface area contributed by atoms with Crippen molar-refractivity contribution in [2.75, 3.05) is 0 Å². The number of benzene rings is 12. The molecular weight excluding hydrogens is 833 g/mol. The highest BCUT2D eigenvalue weighted by Gasteiger charge is 2.21. The summed E-state index contributed by atoms with van der Waals surface area (Å²) in [6.07, 6.45) is 0. The Morgan fingerprint density at radius 3 is 1.26 bits per heavy atom. The molecular formula is C68H44O. The van der Waals surface area contributed by atoms with Crippen molar-refractivity contribution in [2.45, 2.75) is 0 Å². The first-order chi connectivity index (χ1) is 34.2. The van der Waals surface area contributed by atoms with Crippen molar-refractivity contribution >= 4 is 43.3 Å². The Labute approximate surface area is 401 Å². The number of furan rings is 1. The molecule has 1 heteroatoms. The zero-order chi connectivity index (χ0) is 45.7. The Morgan fingerprint density at radius 2 is 0.623 bits per heavy atom. The lowest BCUT2D eigenvalue weighted by Gasteiger charge is -2.20. The summed E-state index contributed by atoms with van der Waals surface area (Å²) in [5.74, 6) is 0.886. The summed E-state index contributed by atoms with van der Waals surface area (Å²) < 4.78 is 6.65. The van der Waals surface area contributed by atoms with Gasteiger partial charge < -0.3 is 4.42 Å². The van der Waals surface area contributed by atoms with E-state index in [9.17, 15) is 0 Å². The fraction of sp³-hybridized carbons (Fsp3) is 0. The van der Waals surface area contributed by atoms with Crippen LogP contribution in [-0.2, 0) is 0 Å². The van der Waals surface area contributed by atoms with Gasteiger partial charge in [0, 0.05) is 16.5 Å². The molecule has 0 fully saturated rings. The highest BCUT2D eigenvalue weighted by Crippen LogP contribution is 2.48. The van der Waals surface area contributed by atoms with Gasteiger partial charge in [-0.15, -0.1) is 0 Å². The average Bonchev–Trinajstić information content (AvgIpc) is 3.82. The van der Waals surface area contributed by atoms with Crippen molar-refractivity contribution in [2.24, 2.45) is 0 Å². The highest BCUT2D eigenvalue weighted by molar-refractivity contribution is 6.23. The van der Waals surface area contributed by atoms with E-state index in [4.69, 9.17) is 4.42 Å². The fourth-order valence-electron chi connectivity index (χ4n) is 10.6. The van der Waals surface area contributed by atoms with Gasteiger partial charge in [-0.25, -0.2) is 0 Å². The predicted octanol–water partition coefficient (Wildman–Crippen LogP) is 19.2. The maximum absolute atomic E-state index is 6.65. The molecule has 0 aliphatic carbocycles. The van der Waals surface area contributed by atoms with E-state index in [0.29, 0.717) is 0 Å². The van der Waals surface area contributed by atoms with E-state index in [0.717, 1.165) is 44.5 Å². The van der Waals surface area contributed by atoms with E-state index in [1.807, 2.05) is 6.07 Å². The minimum Gasteiger partial charge on any atom is -0.455 e. The standard InChI is InChI=1S/C68H44O/c1-5-17-45(18-6-1)52-36-39-60-61(42-52)65(50-33-31-47(32-34-50)54-37-40-64-63(44-54)67(49-22-9-3-10-23-49)68(69-64)51-24-11-4-12-25-51)59-38-35-53(46-19-7-2-8-20-46)43-62(59)66(60)56-28-15-27-55(41-56)58-30-16-26-48-21-13-14-29-57(48)58/h1-44H. The minimum atomic E-state index is 0.873. The van der Waals surface area contributed by atoms with Gasteiger partial charge >= 0.3 is 0 Å². The third-order valence-electron chi connectivity index (χ3n) is 13.9. The molecule has 0 atom stereocenters. The Balaban J connectivity index is 1.02. The Morgan fingerprint density at radius 1 is 0.203 bits per heavy atom. The van der Waals surface area contributed by atoms with Crippen molar-refractivity contribution < 1.29 is 4.42 Å². The molecule has 13 aromatic rings. The van der Waals surface area contributed by atoms with Crippen LogP contribution in [0.15, 0.2) is 271 Å². The maximum Gasteiger partial charge on any atom is 0.143 e. The van der Waals surface area contributed by atoms with Crippen LogP contribution in [0.25, 0.3) is 132 Å². The van der Waals surface area contributed by atoms with Crippen LogP contribution in [0, 0.1) is 0 Å². The molecule has 12 aromatic carbocycles. The van der Waals surface area contributed by atoms with Crippen LogP contribution < -0.4 is 0 Å². The zero-order valence-electron chi connectivity index (χ0n) is 37.8. The van der Waals surface area contributed by atoms with Crippen molar-refractivity contribution in [3.05, 3.63) is 267 Å². The van der Waals surface area contributed by atoms with E-state index in [2.05, 4.69) is 261 Å². The molecule has 0 spiro atoms. The second kappa shape index (κ2) is 17.0. The summed E-state index contributed by atoms with van der Waals surface area (Å²) in [5, 5.41) is 8.46. The number of fused-ring (bicyclic) bond motifs is 4. The van der Waals surface area contributed by atoms with Crippen LogP contribution in [0.4, 0.5) is 0 Å². The van der Waals surface area contributed by atoms with Crippen LogP contribution in [0.3, 0.4) is 0 Å². The van der Waals surface area contributed by atoms with Crippen molar-refractivity contribution in [3.8, 4) is 89.2 Å². The van der Waals surface area contributed by atoms with Gasteiger partial charge in [-0.2, -0.15) is 0 Å². The first-order valence-corrected chi connectivity index (χ1v) is 23.7. The van der Waals surface area contributed by atoms with E-state index >= 15 is 0 Å². The number of hydrogen-bond donors (Lipinski definition) is 0. The average molecular weight is 877 g/mol. The SMILES string of the molecule is c1ccc(-c2ccc3c(-c4cccc(-c5cccc6ccccc56)c4)c4cc(-c5ccccc5)ccc4c(-c4ccc(-c5ccc6oc(-c7ccccc7)c(-c7ccccc7)c6c5)cc4)c3c2)cc1. The second-order valence-electron chi connectivity index (χ2n) is 17.9. The van der Waals surface area contributed by atoms with Gasteiger partial charge in [0.05, 0.1) is 0 Å². The van der Waals surface area contributed by atoms with Crippen LogP contribution in [0.5, 0.6) is 0 Å². The minimum absolute atomic E-state index is 0.873. The van der Waals surface area contributed by atoms with Crippen LogP contribution in [0.1, 0.15) is 0 Å². The third-order valence-corrected chi connectivity index (χ3v) is 13.9. The van der Waals surface area contributed by atoms with Crippen molar-refractivity contribution in [1.29, 1.82) is 0 Å². The van der Waals surface area contributed by atoms with Gasteiger partial charge in [-0.3, -0.25) is 0 Å². The molecule has 0 amide bonds. The lowest BCUT2D eigenvalue weighted by Crippen LogP contribution is -1.93. The van der Waals surface area contributed by atoms with Crippen LogP contribution in [0.2, 0.25) is 0 Å². The Hall–Kier alpha value is -9.04. The first-order valence-electron chi connectivity index (χ1n) is 23.7. The molecule has 0 radical (unpaired) electrons. The fourth-order valence-corrected chi connectivity index (χ4v) is 10.6. The predicted molar refractivity (Wildman–Crippen MR) is 292 cm³/mol. The molecule has 0 aliphatic heterocycles. The Kier molecular flexibility index (Phi) is 9.91. The summed E-state index contributed by atoms with van der Waals surface area (Å²) in [7, 11) is 0. The molecule has 1 heterocycles. The quantitative estimate of drug-likeness (QED) is 0.139. The topological polar surface area (TPSA) is 13.1 Å². The lowest BCUT2D eigenvalue weighted by atomic mass is 9.83. The van der Waals surface area contributed by atoms with E-state index in [1.165, 1.54) is 88.0 Å². The summed E-state index contributed by atoms with van der Waals surface area (Å²) in [6.45, 7) is 0. The summed E-state index contributed by atoms with van der Waals surface area (Å²) in [6, 6.07) is 97.0. The molecule has 1 aromatic heterocycles. The molecule has 13 rings (SSSR count).